The van der Waals surface area contributed by atoms with E-state index < -0.39 is 17.7 Å². The Bertz CT molecular complexity index is 1020. The Morgan fingerprint density at radius 3 is 2.88 bits per heavy atom. The summed E-state index contributed by atoms with van der Waals surface area (Å²) in [7, 11) is 1.25. The Morgan fingerprint density at radius 1 is 1.32 bits per heavy atom. The van der Waals surface area contributed by atoms with Crippen molar-refractivity contribution < 1.29 is 18.7 Å². The Labute approximate surface area is 150 Å². The van der Waals surface area contributed by atoms with E-state index in [0.717, 1.165) is 16.2 Å². The largest absolute Gasteiger partial charge is 0.468 e. The first-order valence-electron chi connectivity index (χ1n) is 7.23. The molecule has 0 radical (unpaired) electrons. The van der Waals surface area contributed by atoms with Crippen molar-refractivity contribution in [3.8, 4) is 0 Å². The number of ether oxygens (including phenoxy) is 1. The summed E-state index contributed by atoms with van der Waals surface area (Å²) in [5.74, 6) is -1.52. The first kappa shape index (κ1) is 17.2. The van der Waals surface area contributed by atoms with Crippen LogP contribution in [0.3, 0.4) is 0 Å². The fourth-order valence-electron chi connectivity index (χ4n) is 2.18. The maximum absolute atomic E-state index is 14.2. The van der Waals surface area contributed by atoms with Crippen LogP contribution in [0, 0.1) is 5.82 Å². The number of aromatic nitrogens is 1. The van der Waals surface area contributed by atoms with Gasteiger partial charge in [-0.3, -0.25) is 9.59 Å². The lowest BCUT2D eigenvalue weighted by Crippen LogP contribution is -2.22. The minimum atomic E-state index is -0.550. The zero-order chi connectivity index (χ0) is 17.8. The number of nitrogens with zero attached hydrogens (tertiary/aromatic N) is 2. The third-order valence-corrected chi connectivity index (χ3v) is 5.19. The van der Waals surface area contributed by atoms with Crippen LogP contribution in [0.25, 0.3) is 16.3 Å². The number of thiazole rings is 1. The highest BCUT2D eigenvalue weighted by atomic mass is 32.1. The maximum atomic E-state index is 14.2. The van der Waals surface area contributed by atoms with E-state index in [2.05, 4.69) is 9.73 Å². The monoisotopic (exact) mass is 376 g/mol. The smallest absolute Gasteiger partial charge is 0.325 e. The molecule has 5 nitrogen and oxygen atoms in total. The van der Waals surface area contributed by atoms with Crippen LogP contribution < -0.4 is 4.80 Å². The molecule has 3 aromatic rings. The van der Waals surface area contributed by atoms with E-state index in [1.807, 2.05) is 17.5 Å². The number of hydrogen-bond donors (Lipinski definition) is 0. The molecule has 0 unspecified atom stereocenters. The van der Waals surface area contributed by atoms with Crippen LogP contribution in [0.5, 0.6) is 0 Å². The Morgan fingerprint density at radius 2 is 2.16 bits per heavy atom. The summed E-state index contributed by atoms with van der Waals surface area (Å²) in [4.78, 5) is 28.9. The Hall–Kier alpha value is -2.58. The molecule has 2 aromatic heterocycles. The van der Waals surface area contributed by atoms with Gasteiger partial charge in [0.05, 0.1) is 17.3 Å². The summed E-state index contributed by atoms with van der Waals surface area (Å²) in [6.45, 7) is -0.224. The molecule has 0 saturated carbocycles. The molecule has 1 amide bonds. The van der Waals surface area contributed by atoms with E-state index in [9.17, 15) is 14.0 Å². The minimum Gasteiger partial charge on any atom is -0.468 e. The molecule has 0 spiro atoms. The van der Waals surface area contributed by atoms with Crippen molar-refractivity contribution in [2.24, 2.45) is 4.99 Å². The van der Waals surface area contributed by atoms with Crippen molar-refractivity contribution in [2.75, 3.05) is 7.11 Å². The van der Waals surface area contributed by atoms with Crippen LogP contribution in [0.2, 0.25) is 0 Å². The van der Waals surface area contributed by atoms with E-state index >= 15 is 0 Å². The lowest BCUT2D eigenvalue weighted by molar-refractivity contribution is -0.141. The summed E-state index contributed by atoms with van der Waals surface area (Å²) in [6.07, 6.45) is 3.00. The number of thiophene rings is 1. The fourth-order valence-corrected chi connectivity index (χ4v) is 3.85. The molecule has 0 N–H and O–H groups in total. The summed E-state index contributed by atoms with van der Waals surface area (Å²) in [5.41, 5.74) is 0.228. The number of methoxy groups -OCH3 is 1. The van der Waals surface area contributed by atoms with E-state index in [1.165, 1.54) is 35.2 Å². The highest BCUT2D eigenvalue weighted by Crippen LogP contribution is 2.20. The van der Waals surface area contributed by atoms with Crippen LogP contribution in [0.1, 0.15) is 4.88 Å². The highest BCUT2D eigenvalue weighted by Gasteiger charge is 2.14. The van der Waals surface area contributed by atoms with Crippen molar-refractivity contribution in [1.82, 2.24) is 4.57 Å². The van der Waals surface area contributed by atoms with Gasteiger partial charge in [-0.2, -0.15) is 4.99 Å². The number of carbonyl (C=O) groups excluding carboxylic acids is 2. The van der Waals surface area contributed by atoms with E-state index in [4.69, 9.17) is 0 Å². The third kappa shape index (κ3) is 3.92. The van der Waals surface area contributed by atoms with E-state index in [1.54, 1.807) is 18.2 Å². The molecule has 0 atom stereocenters. The number of benzene rings is 1. The first-order valence-corrected chi connectivity index (χ1v) is 8.93. The predicted octanol–water partition coefficient (Wildman–Crippen LogP) is 3.22. The second kappa shape index (κ2) is 7.54. The molecule has 0 fully saturated rings. The zero-order valence-electron chi connectivity index (χ0n) is 13.1. The molecule has 25 heavy (non-hydrogen) atoms. The molecule has 1 aromatic carbocycles. The molecule has 3 rings (SSSR count). The number of halogens is 1. The minimum absolute atomic E-state index is 0.224. The van der Waals surface area contributed by atoms with Crippen molar-refractivity contribution in [1.29, 1.82) is 0 Å². The number of amides is 1. The fraction of sp³-hybridized carbons (Fsp3) is 0.118. The van der Waals surface area contributed by atoms with Crippen LogP contribution in [-0.2, 0) is 20.9 Å². The summed E-state index contributed by atoms with van der Waals surface area (Å²) in [5, 5.41) is 1.90. The van der Waals surface area contributed by atoms with Crippen LogP contribution in [0.15, 0.2) is 46.8 Å². The lowest BCUT2D eigenvalue weighted by Gasteiger charge is -2.03. The van der Waals surface area contributed by atoms with Gasteiger partial charge in [-0.15, -0.1) is 11.3 Å². The van der Waals surface area contributed by atoms with Crippen molar-refractivity contribution in [3.63, 3.8) is 0 Å². The van der Waals surface area contributed by atoms with Crippen molar-refractivity contribution in [3.05, 3.63) is 57.3 Å². The van der Waals surface area contributed by atoms with Gasteiger partial charge in [0.2, 0.25) is 0 Å². The van der Waals surface area contributed by atoms with Gasteiger partial charge >= 0.3 is 5.97 Å². The molecule has 2 heterocycles. The number of esters is 1. The average molecular weight is 376 g/mol. The highest BCUT2D eigenvalue weighted by molar-refractivity contribution is 7.16. The van der Waals surface area contributed by atoms with Crippen LogP contribution in [0.4, 0.5) is 4.39 Å². The van der Waals surface area contributed by atoms with Gasteiger partial charge in [-0.25, -0.2) is 4.39 Å². The van der Waals surface area contributed by atoms with E-state index in [-0.39, 0.29) is 16.9 Å². The molecule has 0 bridgehead atoms. The SMILES string of the molecule is COC(=O)Cn1c(=NC(=O)/C=C/c2cccs2)sc2cccc(F)c21. The van der Waals surface area contributed by atoms with Gasteiger partial charge in [0.15, 0.2) is 4.80 Å². The molecular weight excluding hydrogens is 363 g/mol. The molecular formula is C17H13FN2O3S2. The van der Waals surface area contributed by atoms with Crippen molar-refractivity contribution in [2.45, 2.75) is 6.54 Å². The summed E-state index contributed by atoms with van der Waals surface area (Å²) < 4.78 is 20.8. The van der Waals surface area contributed by atoms with E-state index in [0.29, 0.717) is 4.70 Å². The van der Waals surface area contributed by atoms with Gasteiger partial charge < -0.3 is 9.30 Å². The maximum Gasteiger partial charge on any atom is 0.325 e. The topological polar surface area (TPSA) is 60.7 Å². The van der Waals surface area contributed by atoms with Gasteiger partial charge in [0, 0.05) is 11.0 Å². The first-order chi connectivity index (χ1) is 12.1. The van der Waals surface area contributed by atoms with Crippen LogP contribution >= 0.6 is 22.7 Å². The Kier molecular flexibility index (Phi) is 5.20. The lowest BCUT2D eigenvalue weighted by atomic mass is 10.3. The van der Waals surface area contributed by atoms with Crippen molar-refractivity contribution >= 4 is 50.8 Å². The standard InChI is InChI=1S/C17H13FN2O3S2/c1-23-15(22)10-20-16-12(18)5-2-6-13(16)25-17(20)19-14(21)8-7-11-4-3-9-24-11/h2-9H,10H2,1H3/b8-7+,19-17?. The predicted molar refractivity (Wildman–Crippen MR) is 95.7 cm³/mol. The number of carbonyl (C=O) groups is 2. The molecule has 8 heteroatoms. The average Bonchev–Trinajstić information content (AvgIpc) is 3.22. The second-order valence-corrected chi connectivity index (χ2v) is 6.92. The van der Waals surface area contributed by atoms with Crippen LogP contribution in [-0.4, -0.2) is 23.6 Å². The summed E-state index contributed by atoms with van der Waals surface area (Å²) in [6, 6.07) is 8.33. The van der Waals surface area contributed by atoms with Gasteiger partial charge in [0.25, 0.3) is 5.91 Å². The number of para-hydroxylation sites is 1. The number of hydrogen-bond acceptors (Lipinski definition) is 5. The summed E-state index contributed by atoms with van der Waals surface area (Å²) >= 11 is 2.64. The quantitative estimate of drug-likeness (QED) is 0.519. The number of rotatable bonds is 4. The second-order valence-electron chi connectivity index (χ2n) is 4.93. The Balaban J connectivity index is 2.05. The number of fused-ring (bicyclic) bond motifs is 1. The third-order valence-electron chi connectivity index (χ3n) is 3.31. The zero-order valence-corrected chi connectivity index (χ0v) is 14.8. The molecule has 0 aliphatic carbocycles. The normalized spacial score (nSPS) is 12.2. The molecule has 0 saturated heterocycles. The molecule has 128 valence electrons. The van der Waals surface area contributed by atoms with Gasteiger partial charge in [-0.1, -0.05) is 23.5 Å². The molecule has 0 aliphatic rings. The molecule has 0 aliphatic heterocycles. The van der Waals surface area contributed by atoms with Gasteiger partial charge in [0.1, 0.15) is 12.4 Å². The van der Waals surface area contributed by atoms with Gasteiger partial charge in [-0.05, 0) is 29.7 Å².